The predicted molar refractivity (Wildman–Crippen MR) is 248 cm³/mol. The van der Waals surface area contributed by atoms with Gasteiger partial charge >= 0.3 is 0 Å². The maximum Gasteiger partial charge on any atom is 0.264 e. The van der Waals surface area contributed by atoms with Crippen molar-refractivity contribution in [2.24, 2.45) is 0 Å². The third-order valence-electron chi connectivity index (χ3n) is 12.2. The van der Waals surface area contributed by atoms with Gasteiger partial charge in [0.2, 0.25) is 0 Å². The standard InChI is InChI=1S/C51H32BN3S2/c1-31-28-44-47-45(29-31)55(34-17-6-3-7-18-34)48-46-39-26-24-32-14-8-9-19-36(32)49(39)56-51(46)57-50(48)52(47)40-27-25-35(30-43(40)53(44)33-15-4-2-5-16-33)54-41-22-12-10-20-37(41)38-21-11-13-23-42(38)54/h2-30H,1H3. The summed E-state index contributed by atoms with van der Waals surface area (Å²) in [5, 5.41) is 7.87. The second-order valence-electron chi connectivity index (χ2n) is 15.3. The van der Waals surface area contributed by atoms with Gasteiger partial charge in [-0.1, -0.05) is 115 Å². The Kier molecular flexibility index (Phi) is 6.49. The first-order valence-corrected chi connectivity index (χ1v) is 21.2. The summed E-state index contributed by atoms with van der Waals surface area (Å²) in [4.78, 5) is 5.11. The van der Waals surface area contributed by atoms with E-state index in [-0.39, 0.29) is 6.71 Å². The fourth-order valence-electron chi connectivity index (χ4n) is 9.90. The minimum atomic E-state index is 0.0628. The average molecular weight is 762 g/mol. The van der Waals surface area contributed by atoms with Gasteiger partial charge in [-0.25, -0.2) is 0 Å². The molecule has 13 rings (SSSR count). The molecule has 5 heterocycles. The number of rotatable bonds is 3. The van der Waals surface area contributed by atoms with Crippen LogP contribution in [-0.4, -0.2) is 11.3 Å². The van der Waals surface area contributed by atoms with Gasteiger partial charge in [0.25, 0.3) is 6.71 Å². The highest BCUT2D eigenvalue weighted by atomic mass is 32.2. The number of para-hydroxylation sites is 4. The van der Waals surface area contributed by atoms with Gasteiger partial charge in [-0.05, 0) is 94.8 Å². The first-order chi connectivity index (χ1) is 28.2. The number of aromatic nitrogens is 1. The van der Waals surface area contributed by atoms with Crippen molar-refractivity contribution >= 4 is 131 Å². The Labute approximate surface area is 338 Å². The lowest BCUT2D eigenvalue weighted by Gasteiger charge is -2.43. The summed E-state index contributed by atoms with van der Waals surface area (Å²) < 4.78 is 6.61. The molecule has 0 amide bonds. The molecule has 2 aliphatic heterocycles. The fraction of sp³-hybridized carbons (Fsp3) is 0.0196. The molecule has 0 saturated carbocycles. The van der Waals surface area contributed by atoms with Gasteiger partial charge in [-0.2, -0.15) is 0 Å². The van der Waals surface area contributed by atoms with Crippen LogP contribution < -0.4 is 25.5 Å². The van der Waals surface area contributed by atoms with E-state index in [9.17, 15) is 0 Å². The molecule has 0 aliphatic carbocycles. The summed E-state index contributed by atoms with van der Waals surface area (Å²) in [6.07, 6.45) is 0. The third kappa shape index (κ3) is 4.32. The molecule has 0 bridgehead atoms. The zero-order valence-electron chi connectivity index (χ0n) is 31.0. The molecule has 0 spiro atoms. The summed E-state index contributed by atoms with van der Waals surface area (Å²) in [7, 11) is 0. The Bertz CT molecular complexity index is 3400. The topological polar surface area (TPSA) is 11.4 Å². The van der Waals surface area contributed by atoms with Crippen LogP contribution in [0.1, 0.15) is 5.56 Å². The lowest BCUT2D eigenvalue weighted by molar-refractivity contribution is 1.17. The first kappa shape index (κ1) is 31.6. The first-order valence-electron chi connectivity index (χ1n) is 19.6. The number of fused-ring (bicyclic) bond motifs is 13. The highest BCUT2D eigenvalue weighted by Crippen LogP contribution is 2.52. The van der Waals surface area contributed by atoms with Gasteiger partial charge in [-0.3, -0.25) is 0 Å². The molecule has 3 aromatic heterocycles. The Morgan fingerprint density at radius 1 is 0.474 bits per heavy atom. The SMILES string of the molecule is Cc1cc2c3c(c1)N(c1ccccc1)c1c(sc4sc5c6ccccc6ccc5c14)B3c1ccc(-n3c4ccccc4c4ccccc43)cc1N2c1ccccc1. The summed E-state index contributed by atoms with van der Waals surface area (Å²) in [5.41, 5.74) is 14.9. The van der Waals surface area contributed by atoms with Crippen LogP contribution in [0.25, 0.3) is 57.8 Å². The van der Waals surface area contributed by atoms with Gasteiger partial charge in [0.05, 0.1) is 20.7 Å². The molecule has 6 heteroatoms. The van der Waals surface area contributed by atoms with E-state index in [1.807, 2.05) is 22.7 Å². The van der Waals surface area contributed by atoms with E-state index in [0.717, 1.165) is 11.4 Å². The minimum Gasteiger partial charge on any atom is -0.311 e. The highest BCUT2D eigenvalue weighted by Gasteiger charge is 2.46. The number of benzene rings is 8. The number of thiophene rings is 2. The maximum atomic E-state index is 2.58. The zero-order chi connectivity index (χ0) is 37.4. The van der Waals surface area contributed by atoms with E-state index in [2.05, 4.69) is 197 Å². The Morgan fingerprint density at radius 2 is 1.09 bits per heavy atom. The molecule has 266 valence electrons. The number of anilines is 6. The van der Waals surface area contributed by atoms with Crippen LogP contribution in [-0.2, 0) is 0 Å². The molecule has 2 aliphatic rings. The van der Waals surface area contributed by atoms with Crippen LogP contribution in [0.5, 0.6) is 0 Å². The molecule has 0 atom stereocenters. The van der Waals surface area contributed by atoms with E-state index in [0.29, 0.717) is 0 Å². The van der Waals surface area contributed by atoms with Crippen LogP contribution in [0.15, 0.2) is 176 Å². The Hall–Kier alpha value is -6.60. The van der Waals surface area contributed by atoms with E-state index in [1.165, 1.54) is 102 Å². The number of nitrogens with zero attached hydrogens (tertiary/aromatic N) is 3. The van der Waals surface area contributed by atoms with E-state index < -0.39 is 0 Å². The summed E-state index contributed by atoms with van der Waals surface area (Å²) in [6.45, 7) is 2.32. The maximum absolute atomic E-state index is 2.58. The summed E-state index contributed by atoms with van der Waals surface area (Å²) >= 11 is 3.95. The molecule has 0 saturated heterocycles. The van der Waals surface area contributed by atoms with Crippen molar-refractivity contribution < 1.29 is 0 Å². The predicted octanol–water partition coefficient (Wildman–Crippen LogP) is 12.8. The van der Waals surface area contributed by atoms with Gasteiger partial charge in [0.1, 0.15) is 0 Å². The number of hydrogen-bond donors (Lipinski definition) is 0. The molecule has 0 fully saturated rings. The van der Waals surface area contributed by atoms with Crippen LogP contribution in [0.2, 0.25) is 0 Å². The van der Waals surface area contributed by atoms with Crippen molar-refractivity contribution in [1.29, 1.82) is 0 Å². The van der Waals surface area contributed by atoms with Crippen molar-refractivity contribution in [3.63, 3.8) is 0 Å². The molecule has 3 nitrogen and oxygen atoms in total. The second-order valence-corrected chi connectivity index (χ2v) is 17.7. The van der Waals surface area contributed by atoms with E-state index in [4.69, 9.17) is 0 Å². The molecule has 0 radical (unpaired) electrons. The van der Waals surface area contributed by atoms with Crippen molar-refractivity contribution in [3.8, 4) is 5.69 Å². The Morgan fingerprint density at radius 3 is 1.81 bits per heavy atom. The van der Waals surface area contributed by atoms with E-state index in [1.54, 1.807) is 0 Å². The average Bonchev–Trinajstić information content (AvgIpc) is 3.92. The molecule has 57 heavy (non-hydrogen) atoms. The van der Waals surface area contributed by atoms with Crippen molar-refractivity contribution in [2.45, 2.75) is 6.92 Å². The molecule has 11 aromatic rings. The minimum absolute atomic E-state index is 0.0628. The molecular formula is C51H32BN3S2. The van der Waals surface area contributed by atoms with Crippen molar-refractivity contribution in [3.05, 3.63) is 181 Å². The Balaban J connectivity index is 1.15. The zero-order valence-corrected chi connectivity index (χ0v) is 32.6. The van der Waals surface area contributed by atoms with Gasteiger partial charge < -0.3 is 14.4 Å². The normalized spacial score (nSPS) is 13.2. The van der Waals surface area contributed by atoms with Gasteiger partial charge in [0.15, 0.2) is 0 Å². The summed E-state index contributed by atoms with van der Waals surface area (Å²) in [5.74, 6) is 0. The molecular weight excluding hydrogens is 730 g/mol. The third-order valence-corrected chi connectivity index (χ3v) is 14.8. The largest absolute Gasteiger partial charge is 0.311 e. The van der Waals surface area contributed by atoms with Crippen LogP contribution in [0.4, 0.5) is 34.1 Å². The van der Waals surface area contributed by atoms with Gasteiger partial charge in [-0.15, -0.1) is 22.7 Å². The molecule has 0 N–H and O–H groups in total. The lowest BCUT2D eigenvalue weighted by Crippen LogP contribution is -2.60. The smallest absolute Gasteiger partial charge is 0.264 e. The number of aryl methyl sites for hydroxylation is 1. The molecule has 8 aromatic carbocycles. The monoisotopic (exact) mass is 761 g/mol. The lowest BCUT2D eigenvalue weighted by atomic mass is 9.36. The quantitative estimate of drug-likeness (QED) is 0.166. The molecule has 0 unspecified atom stereocenters. The van der Waals surface area contributed by atoms with Crippen molar-refractivity contribution in [2.75, 3.05) is 9.80 Å². The summed E-state index contributed by atoms with van der Waals surface area (Å²) in [6, 6.07) is 65.2. The van der Waals surface area contributed by atoms with Crippen LogP contribution in [0.3, 0.4) is 0 Å². The highest BCUT2D eigenvalue weighted by molar-refractivity contribution is 7.47. The van der Waals surface area contributed by atoms with Gasteiger partial charge in [0, 0.05) is 65.1 Å². The second kappa shape index (κ2) is 11.7. The van der Waals surface area contributed by atoms with Crippen LogP contribution >= 0.6 is 22.7 Å². The van der Waals surface area contributed by atoms with Crippen molar-refractivity contribution in [1.82, 2.24) is 4.57 Å². The fourth-order valence-corrected chi connectivity index (χ4v) is 12.8. The van der Waals surface area contributed by atoms with Crippen LogP contribution in [0, 0.1) is 6.92 Å². The number of hydrogen-bond acceptors (Lipinski definition) is 4. The van der Waals surface area contributed by atoms with E-state index >= 15 is 0 Å².